The SMILES string of the molecule is CCCN1C(=S)NC(c2ccccn2)C1c1cc(C)n(-c2ccc(OC)cc2[N+](=O)[O-])c1C. The van der Waals surface area contributed by atoms with Crippen LogP contribution < -0.4 is 10.1 Å². The van der Waals surface area contributed by atoms with Gasteiger partial charge in [0.25, 0.3) is 5.69 Å². The monoisotopic (exact) mass is 465 g/mol. The van der Waals surface area contributed by atoms with Crippen LogP contribution in [0.25, 0.3) is 5.69 Å². The molecule has 1 N–H and O–H groups in total. The molecule has 8 nitrogen and oxygen atoms in total. The summed E-state index contributed by atoms with van der Waals surface area (Å²) in [6, 6.07) is 12.7. The van der Waals surface area contributed by atoms with E-state index in [9.17, 15) is 10.1 Å². The number of pyridine rings is 1. The Morgan fingerprint density at radius 3 is 2.67 bits per heavy atom. The lowest BCUT2D eigenvalue weighted by Gasteiger charge is -2.27. The maximum Gasteiger partial charge on any atom is 0.296 e. The number of nitro groups is 1. The number of nitro benzene ring substituents is 1. The van der Waals surface area contributed by atoms with Crippen LogP contribution >= 0.6 is 12.2 Å². The van der Waals surface area contributed by atoms with E-state index in [4.69, 9.17) is 17.0 Å². The molecule has 1 aliphatic heterocycles. The molecule has 3 aromatic rings. The molecule has 0 spiro atoms. The second kappa shape index (κ2) is 9.19. The Balaban J connectivity index is 1.87. The maximum absolute atomic E-state index is 11.9. The number of aryl methyl sites for hydroxylation is 1. The van der Waals surface area contributed by atoms with Crippen molar-refractivity contribution in [1.29, 1.82) is 0 Å². The Kier molecular flexibility index (Phi) is 6.33. The minimum Gasteiger partial charge on any atom is -0.496 e. The molecule has 0 saturated carbocycles. The number of nitrogens with one attached hydrogen (secondary N) is 1. The molecular weight excluding hydrogens is 438 g/mol. The van der Waals surface area contributed by atoms with Gasteiger partial charge in [0, 0.05) is 24.1 Å². The molecule has 1 fully saturated rings. The van der Waals surface area contributed by atoms with Crippen molar-refractivity contribution in [1.82, 2.24) is 19.8 Å². The average molecular weight is 466 g/mol. The molecule has 4 rings (SSSR count). The highest BCUT2D eigenvalue weighted by molar-refractivity contribution is 7.80. The molecule has 2 aromatic heterocycles. The fourth-order valence-corrected chi connectivity index (χ4v) is 4.98. The van der Waals surface area contributed by atoms with Crippen LogP contribution in [0.15, 0.2) is 48.7 Å². The highest BCUT2D eigenvalue weighted by atomic mass is 32.1. The molecule has 9 heteroatoms. The average Bonchev–Trinajstić information content (AvgIpc) is 3.29. The van der Waals surface area contributed by atoms with Crippen molar-refractivity contribution in [2.45, 2.75) is 39.3 Å². The Bertz CT molecular complexity index is 1190. The van der Waals surface area contributed by atoms with Gasteiger partial charge in [0.1, 0.15) is 11.4 Å². The van der Waals surface area contributed by atoms with Crippen LogP contribution in [0.2, 0.25) is 0 Å². The van der Waals surface area contributed by atoms with Gasteiger partial charge >= 0.3 is 0 Å². The zero-order valence-corrected chi connectivity index (χ0v) is 19.9. The Morgan fingerprint density at radius 2 is 2.03 bits per heavy atom. The lowest BCUT2D eigenvalue weighted by atomic mass is 9.96. The van der Waals surface area contributed by atoms with E-state index in [0.717, 1.165) is 35.6 Å². The highest BCUT2D eigenvalue weighted by Gasteiger charge is 2.41. The summed E-state index contributed by atoms with van der Waals surface area (Å²) in [4.78, 5) is 18.3. The van der Waals surface area contributed by atoms with Gasteiger partial charge in [-0.15, -0.1) is 0 Å². The van der Waals surface area contributed by atoms with Gasteiger partial charge < -0.3 is 19.5 Å². The van der Waals surface area contributed by atoms with Crippen LogP contribution in [0.1, 0.15) is 48.1 Å². The normalized spacial score (nSPS) is 17.8. The van der Waals surface area contributed by atoms with E-state index in [1.54, 1.807) is 18.3 Å². The van der Waals surface area contributed by atoms with E-state index >= 15 is 0 Å². The van der Waals surface area contributed by atoms with Crippen LogP contribution in [-0.4, -0.2) is 38.1 Å². The zero-order chi connectivity index (χ0) is 23.7. The van der Waals surface area contributed by atoms with Crippen LogP contribution in [-0.2, 0) is 0 Å². The third kappa shape index (κ3) is 4.04. The van der Waals surface area contributed by atoms with E-state index in [-0.39, 0.29) is 22.7 Å². The van der Waals surface area contributed by atoms with Crippen molar-refractivity contribution >= 4 is 23.0 Å². The molecule has 172 valence electrons. The lowest BCUT2D eigenvalue weighted by Crippen LogP contribution is -2.30. The Labute approximate surface area is 198 Å². The molecule has 3 heterocycles. The Morgan fingerprint density at radius 1 is 1.24 bits per heavy atom. The number of aromatic nitrogens is 2. The number of nitrogens with zero attached hydrogens (tertiary/aromatic N) is 4. The smallest absolute Gasteiger partial charge is 0.296 e. The van der Waals surface area contributed by atoms with Gasteiger partial charge in [0.05, 0.1) is 35.9 Å². The van der Waals surface area contributed by atoms with Crippen molar-refractivity contribution in [3.05, 3.63) is 81.4 Å². The second-order valence-corrected chi connectivity index (χ2v) is 8.48. The fourth-order valence-electron chi connectivity index (χ4n) is 4.65. The van der Waals surface area contributed by atoms with Gasteiger partial charge in [-0.25, -0.2) is 0 Å². The van der Waals surface area contributed by atoms with E-state index in [1.165, 1.54) is 13.2 Å². The molecule has 33 heavy (non-hydrogen) atoms. The van der Waals surface area contributed by atoms with Crippen LogP contribution in [0.4, 0.5) is 5.69 Å². The van der Waals surface area contributed by atoms with Crippen molar-refractivity contribution in [2.75, 3.05) is 13.7 Å². The predicted octanol–water partition coefficient (Wildman–Crippen LogP) is 4.79. The van der Waals surface area contributed by atoms with E-state index in [0.29, 0.717) is 16.5 Å². The predicted molar refractivity (Wildman–Crippen MR) is 131 cm³/mol. The first kappa shape index (κ1) is 22.7. The quantitative estimate of drug-likeness (QED) is 0.305. The van der Waals surface area contributed by atoms with Crippen molar-refractivity contribution in [3.8, 4) is 11.4 Å². The lowest BCUT2D eigenvalue weighted by molar-refractivity contribution is -0.384. The molecule has 1 saturated heterocycles. The van der Waals surface area contributed by atoms with Gasteiger partial charge in [-0.2, -0.15) is 0 Å². The summed E-state index contributed by atoms with van der Waals surface area (Å²) < 4.78 is 7.15. The minimum atomic E-state index is -0.372. The molecule has 0 aliphatic carbocycles. The van der Waals surface area contributed by atoms with Gasteiger partial charge in [0.2, 0.25) is 0 Å². The number of hydrogen-bond donors (Lipinski definition) is 1. The summed E-state index contributed by atoms with van der Waals surface area (Å²) in [7, 11) is 1.50. The molecule has 0 amide bonds. The molecule has 0 radical (unpaired) electrons. The molecule has 2 atom stereocenters. The molecule has 1 aliphatic rings. The van der Waals surface area contributed by atoms with Gasteiger partial charge in [-0.05, 0) is 68.4 Å². The number of ether oxygens (including phenoxy) is 1. The van der Waals surface area contributed by atoms with E-state index < -0.39 is 0 Å². The summed E-state index contributed by atoms with van der Waals surface area (Å²) in [5.74, 6) is 0.447. The topological polar surface area (TPSA) is 85.5 Å². The maximum atomic E-state index is 11.9. The third-order valence-electron chi connectivity index (χ3n) is 6.07. The van der Waals surface area contributed by atoms with Gasteiger partial charge in [-0.3, -0.25) is 15.1 Å². The van der Waals surface area contributed by atoms with Crippen LogP contribution in [0.3, 0.4) is 0 Å². The standard InChI is InChI=1S/C24H27N5O3S/c1-5-12-27-23(22(26-24(27)33)19-8-6-7-11-25-19)18-13-15(2)28(16(18)3)20-10-9-17(32-4)14-21(20)29(30)31/h6-11,13-14,22-23H,5,12H2,1-4H3,(H,26,33). The van der Waals surface area contributed by atoms with Crippen molar-refractivity contribution in [2.24, 2.45) is 0 Å². The molecule has 0 bridgehead atoms. The van der Waals surface area contributed by atoms with E-state index in [1.807, 2.05) is 36.6 Å². The third-order valence-corrected chi connectivity index (χ3v) is 6.42. The summed E-state index contributed by atoms with van der Waals surface area (Å²) >= 11 is 5.70. The fraction of sp³-hybridized carbons (Fsp3) is 0.333. The second-order valence-electron chi connectivity index (χ2n) is 8.09. The zero-order valence-electron chi connectivity index (χ0n) is 19.1. The van der Waals surface area contributed by atoms with E-state index in [2.05, 4.69) is 28.2 Å². The number of benzene rings is 1. The summed E-state index contributed by atoms with van der Waals surface area (Å²) in [5, 5.41) is 16.0. The van der Waals surface area contributed by atoms with Crippen molar-refractivity contribution < 1.29 is 9.66 Å². The number of methoxy groups -OCH3 is 1. The van der Waals surface area contributed by atoms with Gasteiger partial charge in [0.15, 0.2) is 5.11 Å². The van der Waals surface area contributed by atoms with Crippen molar-refractivity contribution in [3.63, 3.8) is 0 Å². The number of thiocarbonyl (C=S) groups is 1. The number of rotatable bonds is 7. The first-order chi connectivity index (χ1) is 15.9. The molecular formula is C24H27N5O3S. The summed E-state index contributed by atoms with van der Waals surface area (Å²) in [6.45, 7) is 6.88. The molecule has 2 unspecified atom stereocenters. The molecule has 1 aromatic carbocycles. The largest absolute Gasteiger partial charge is 0.496 e. The van der Waals surface area contributed by atoms with Crippen LogP contribution in [0.5, 0.6) is 5.75 Å². The van der Waals surface area contributed by atoms with Crippen LogP contribution in [0, 0.1) is 24.0 Å². The number of hydrogen-bond acceptors (Lipinski definition) is 5. The minimum absolute atomic E-state index is 0.00513. The highest BCUT2D eigenvalue weighted by Crippen LogP contribution is 2.42. The first-order valence-electron chi connectivity index (χ1n) is 10.9. The Hall–Kier alpha value is -3.46. The first-order valence-corrected chi connectivity index (χ1v) is 11.3. The van der Waals surface area contributed by atoms with Gasteiger partial charge in [-0.1, -0.05) is 13.0 Å². The summed E-state index contributed by atoms with van der Waals surface area (Å²) in [5.41, 5.74) is 4.31. The summed E-state index contributed by atoms with van der Waals surface area (Å²) in [6.07, 6.45) is 2.72.